The number of imide groups is 1. The van der Waals surface area contributed by atoms with Crippen molar-refractivity contribution in [3.63, 3.8) is 0 Å². The molecule has 0 aliphatic carbocycles. The molecule has 0 unspecified atom stereocenters. The second-order valence-corrected chi connectivity index (χ2v) is 6.06. The molecule has 0 aliphatic heterocycles. The number of amides is 3. The van der Waals surface area contributed by atoms with Crippen molar-refractivity contribution in [1.29, 1.82) is 5.41 Å². The largest absolute Gasteiger partial charge is 0.358 e. The fraction of sp³-hybridized carbons (Fsp3) is 0.111. The van der Waals surface area contributed by atoms with Gasteiger partial charge < -0.3 is 5.32 Å². The highest BCUT2D eigenvalue weighted by Gasteiger charge is 2.31. The van der Waals surface area contributed by atoms with Gasteiger partial charge in [0.05, 0.1) is 17.6 Å². The van der Waals surface area contributed by atoms with E-state index < -0.39 is 51.8 Å². The second-order valence-electron chi connectivity index (χ2n) is 5.68. The van der Waals surface area contributed by atoms with Gasteiger partial charge in [0, 0.05) is 18.9 Å². The van der Waals surface area contributed by atoms with Gasteiger partial charge in [0.15, 0.2) is 23.3 Å². The summed E-state index contributed by atoms with van der Waals surface area (Å²) >= 11 is 5.68. The number of nitrogens with one attached hydrogen (secondary N) is 3. The highest BCUT2D eigenvalue weighted by Crippen LogP contribution is 2.23. The minimum Gasteiger partial charge on any atom is -0.358 e. The lowest BCUT2D eigenvalue weighted by molar-refractivity contribution is 0.0945. The van der Waals surface area contributed by atoms with Gasteiger partial charge >= 0.3 is 6.03 Å². The number of benzene rings is 1. The number of aromatic nitrogens is 1. The van der Waals surface area contributed by atoms with Crippen molar-refractivity contribution in [3.05, 3.63) is 71.1 Å². The molecule has 0 saturated carbocycles. The minimum atomic E-state index is -2.45. The lowest BCUT2D eigenvalue weighted by atomic mass is 10.1. The van der Waals surface area contributed by atoms with Gasteiger partial charge in [-0.25, -0.2) is 26.7 Å². The van der Waals surface area contributed by atoms with E-state index >= 15 is 0 Å². The van der Waals surface area contributed by atoms with Gasteiger partial charge in [-0.1, -0.05) is 11.6 Å². The number of anilines is 1. The van der Waals surface area contributed by atoms with Crippen LogP contribution in [0.1, 0.15) is 17.3 Å². The average Bonchev–Trinajstić information content (AvgIpc) is 2.74. The zero-order valence-electron chi connectivity index (χ0n) is 15.6. The number of pyridine rings is 1. The van der Waals surface area contributed by atoms with Gasteiger partial charge in [-0.2, -0.15) is 0 Å². The SMILES string of the molecule is CCN(C(=O)NC(=O)c1c(F)c(F)c(F)c(F)c1F)/C(=C/Nc1cccnc1)C(=N)Cl. The Morgan fingerprint density at radius 2 is 1.71 bits per heavy atom. The Labute approximate surface area is 177 Å². The summed E-state index contributed by atoms with van der Waals surface area (Å²) in [5.74, 6) is -13.8. The topological polar surface area (TPSA) is 98.2 Å². The van der Waals surface area contributed by atoms with Gasteiger partial charge in [0.2, 0.25) is 5.82 Å². The van der Waals surface area contributed by atoms with Crippen LogP contribution in [0.2, 0.25) is 0 Å². The van der Waals surface area contributed by atoms with Crippen LogP contribution in [0.4, 0.5) is 32.4 Å². The van der Waals surface area contributed by atoms with Crippen LogP contribution in [0, 0.1) is 34.5 Å². The van der Waals surface area contributed by atoms with Crippen LogP contribution < -0.4 is 10.6 Å². The fourth-order valence-electron chi connectivity index (χ4n) is 2.31. The van der Waals surface area contributed by atoms with Crippen LogP contribution >= 0.6 is 11.6 Å². The molecule has 13 heteroatoms. The lowest BCUT2D eigenvalue weighted by Crippen LogP contribution is -2.44. The van der Waals surface area contributed by atoms with E-state index in [1.807, 2.05) is 0 Å². The van der Waals surface area contributed by atoms with Crippen molar-refractivity contribution in [2.75, 3.05) is 11.9 Å². The summed E-state index contributed by atoms with van der Waals surface area (Å²) in [6, 6.07) is 1.86. The summed E-state index contributed by atoms with van der Waals surface area (Å²) in [6.45, 7) is 1.23. The number of nitrogens with zero attached hydrogens (tertiary/aromatic N) is 2. The van der Waals surface area contributed by atoms with Crippen molar-refractivity contribution >= 4 is 34.4 Å². The van der Waals surface area contributed by atoms with Gasteiger partial charge in [-0.05, 0) is 19.1 Å². The average molecular weight is 462 g/mol. The second kappa shape index (κ2) is 9.98. The molecule has 7 nitrogen and oxygen atoms in total. The van der Waals surface area contributed by atoms with Crippen LogP contribution in [0.5, 0.6) is 0 Å². The molecular formula is C18H13ClF5N5O2. The van der Waals surface area contributed by atoms with E-state index in [0.29, 0.717) is 5.69 Å². The van der Waals surface area contributed by atoms with Crippen molar-refractivity contribution in [3.8, 4) is 0 Å². The zero-order chi connectivity index (χ0) is 23.3. The summed E-state index contributed by atoms with van der Waals surface area (Å²) in [6.07, 6.45) is 4.03. The highest BCUT2D eigenvalue weighted by atomic mass is 35.5. The summed E-state index contributed by atoms with van der Waals surface area (Å²) in [5.41, 5.74) is -1.65. The van der Waals surface area contributed by atoms with E-state index in [2.05, 4.69) is 10.3 Å². The Bertz CT molecular complexity index is 1040. The van der Waals surface area contributed by atoms with Gasteiger partial charge in [-0.3, -0.25) is 25.4 Å². The molecule has 31 heavy (non-hydrogen) atoms. The molecule has 1 heterocycles. The maximum absolute atomic E-state index is 13.8. The smallest absolute Gasteiger partial charge is 0.328 e. The number of carbonyl (C=O) groups is 2. The first-order chi connectivity index (χ1) is 14.6. The quantitative estimate of drug-likeness (QED) is 0.261. The van der Waals surface area contributed by atoms with Crippen molar-refractivity contribution in [1.82, 2.24) is 15.2 Å². The Morgan fingerprint density at radius 1 is 1.13 bits per heavy atom. The van der Waals surface area contributed by atoms with Gasteiger partial charge in [0.25, 0.3) is 5.91 Å². The van der Waals surface area contributed by atoms with Crippen LogP contribution in [0.15, 0.2) is 36.4 Å². The van der Waals surface area contributed by atoms with Crippen LogP contribution in [0.25, 0.3) is 0 Å². The Kier molecular flexibility index (Phi) is 7.64. The number of urea groups is 1. The van der Waals surface area contributed by atoms with E-state index in [-0.39, 0.29) is 12.2 Å². The van der Waals surface area contributed by atoms with E-state index in [4.69, 9.17) is 17.0 Å². The molecule has 2 rings (SSSR count). The summed E-state index contributed by atoms with van der Waals surface area (Å²) < 4.78 is 67.4. The van der Waals surface area contributed by atoms with E-state index in [1.54, 1.807) is 12.1 Å². The Balaban J connectivity index is 2.31. The molecule has 0 aliphatic rings. The number of allylic oxidation sites excluding steroid dienone is 1. The molecule has 3 N–H and O–H groups in total. The van der Waals surface area contributed by atoms with Gasteiger partial charge in [0.1, 0.15) is 10.7 Å². The summed E-state index contributed by atoms with van der Waals surface area (Å²) in [5, 5.41) is 11.2. The van der Waals surface area contributed by atoms with Crippen molar-refractivity contribution in [2.24, 2.45) is 0 Å². The predicted octanol–water partition coefficient (Wildman–Crippen LogP) is 4.12. The molecule has 0 fully saturated rings. The monoisotopic (exact) mass is 461 g/mol. The molecule has 0 radical (unpaired) electrons. The molecular weight excluding hydrogens is 449 g/mol. The first-order valence-corrected chi connectivity index (χ1v) is 8.73. The maximum atomic E-state index is 13.8. The van der Waals surface area contributed by atoms with Crippen LogP contribution in [0.3, 0.4) is 0 Å². The molecule has 0 atom stereocenters. The van der Waals surface area contributed by atoms with E-state index in [9.17, 15) is 31.5 Å². The predicted molar refractivity (Wildman–Crippen MR) is 101 cm³/mol. The van der Waals surface area contributed by atoms with Crippen molar-refractivity contribution in [2.45, 2.75) is 6.92 Å². The molecule has 0 saturated heterocycles. The minimum absolute atomic E-state index is 0.189. The number of halogens is 6. The zero-order valence-corrected chi connectivity index (χ0v) is 16.3. The van der Waals surface area contributed by atoms with Crippen LogP contribution in [-0.4, -0.2) is 33.5 Å². The normalized spacial score (nSPS) is 11.1. The number of hydrogen-bond acceptors (Lipinski definition) is 5. The molecule has 2 aromatic rings. The summed E-state index contributed by atoms with van der Waals surface area (Å²) in [7, 11) is 0. The third-order valence-electron chi connectivity index (χ3n) is 3.77. The third kappa shape index (κ3) is 5.15. The summed E-state index contributed by atoms with van der Waals surface area (Å²) in [4.78, 5) is 29.1. The Hall–Kier alpha value is -3.54. The van der Waals surface area contributed by atoms with E-state index in [0.717, 1.165) is 11.1 Å². The molecule has 3 amide bonds. The molecule has 1 aromatic heterocycles. The number of hydrogen-bond donors (Lipinski definition) is 3. The van der Waals surface area contributed by atoms with E-state index in [1.165, 1.54) is 24.6 Å². The first kappa shape index (κ1) is 23.7. The molecule has 0 spiro atoms. The number of carbonyl (C=O) groups excluding carboxylic acids is 2. The molecule has 1 aromatic carbocycles. The van der Waals surface area contributed by atoms with Crippen LogP contribution in [-0.2, 0) is 0 Å². The lowest BCUT2D eigenvalue weighted by Gasteiger charge is -2.23. The number of rotatable bonds is 6. The third-order valence-corrected chi connectivity index (χ3v) is 3.97. The fourth-order valence-corrected chi connectivity index (χ4v) is 2.47. The first-order valence-electron chi connectivity index (χ1n) is 8.35. The van der Waals surface area contributed by atoms with Gasteiger partial charge in [-0.15, -0.1) is 0 Å². The molecule has 0 bridgehead atoms. The molecule has 164 valence electrons. The van der Waals surface area contributed by atoms with Crippen molar-refractivity contribution < 1.29 is 31.5 Å². The highest BCUT2D eigenvalue weighted by molar-refractivity contribution is 6.68. The maximum Gasteiger partial charge on any atom is 0.328 e. The standard InChI is InChI=1S/C18H13ClF5N5O2/c1-2-29(9(16(19)25)7-27-8-4-3-5-26-6-8)18(31)28-17(30)10-11(20)13(22)15(24)14(23)12(10)21/h3-7,25,27H,2H2,1H3,(H,28,30,31)/b9-7+,25-16?. The Morgan fingerprint density at radius 3 is 2.19 bits per heavy atom.